The molecule has 11 aromatic rings. The molecule has 1 aliphatic carbocycles. The normalized spacial score (nSPS) is 13.3. The molecular weight excluding hydrogens is 693 g/mol. The van der Waals surface area contributed by atoms with Gasteiger partial charge in [0, 0.05) is 25.6 Å². The zero-order chi connectivity index (χ0) is 37.1. The van der Waals surface area contributed by atoms with Gasteiger partial charge in [0.15, 0.2) is 0 Å². The minimum absolute atomic E-state index is 0.0878. The highest BCUT2D eigenvalue weighted by atomic mass is 32.1. The highest BCUT2D eigenvalue weighted by molar-refractivity contribution is 7.25. The molecule has 0 radical (unpaired) electrons. The van der Waals surface area contributed by atoms with E-state index < -0.39 is 0 Å². The van der Waals surface area contributed by atoms with Gasteiger partial charge in [-0.15, -0.1) is 11.3 Å². The van der Waals surface area contributed by atoms with Crippen LogP contribution in [-0.2, 0) is 5.41 Å². The Balaban J connectivity index is 1.02. The van der Waals surface area contributed by atoms with Crippen LogP contribution in [0.15, 0.2) is 182 Å². The van der Waals surface area contributed by atoms with Crippen molar-refractivity contribution in [1.82, 2.24) is 0 Å². The molecule has 0 nitrogen and oxygen atoms in total. The van der Waals surface area contributed by atoms with Crippen LogP contribution in [0.5, 0.6) is 0 Å². The summed E-state index contributed by atoms with van der Waals surface area (Å²) in [6.45, 7) is 4.78. The summed E-state index contributed by atoms with van der Waals surface area (Å²) < 4.78 is 2.71. The molecule has 10 aromatic carbocycles. The molecule has 1 aliphatic rings. The SMILES string of the molecule is CC1(C)c2ccc(-c3cccc(-c4c5ccccc5c(-c5ccc6ccccc6c5)c5ccccc45)c3)cc2-c2cc3cc4sc5ccccc5c4cc3cc21. The number of benzene rings is 10. The Labute approximate surface area is 329 Å². The predicted octanol–water partition coefficient (Wildman–Crippen LogP) is 16.0. The molecule has 1 heteroatoms. The van der Waals surface area contributed by atoms with Crippen molar-refractivity contribution in [3.05, 3.63) is 193 Å². The van der Waals surface area contributed by atoms with Crippen molar-refractivity contribution < 1.29 is 0 Å². The van der Waals surface area contributed by atoms with Crippen molar-refractivity contribution in [1.29, 1.82) is 0 Å². The second-order valence-electron chi connectivity index (χ2n) is 16.1. The molecule has 0 atom stereocenters. The minimum Gasteiger partial charge on any atom is -0.135 e. The number of hydrogen-bond donors (Lipinski definition) is 0. The van der Waals surface area contributed by atoms with E-state index >= 15 is 0 Å². The van der Waals surface area contributed by atoms with Crippen LogP contribution in [0.25, 0.3) is 108 Å². The van der Waals surface area contributed by atoms with E-state index in [2.05, 4.69) is 196 Å². The first kappa shape index (κ1) is 31.8. The van der Waals surface area contributed by atoms with Gasteiger partial charge in [0.1, 0.15) is 0 Å². The zero-order valence-electron chi connectivity index (χ0n) is 31.2. The van der Waals surface area contributed by atoms with Crippen LogP contribution in [0.1, 0.15) is 25.0 Å². The molecule has 0 aliphatic heterocycles. The van der Waals surface area contributed by atoms with Gasteiger partial charge in [-0.1, -0.05) is 147 Å². The van der Waals surface area contributed by atoms with Crippen molar-refractivity contribution in [2.24, 2.45) is 0 Å². The van der Waals surface area contributed by atoms with Crippen molar-refractivity contribution >= 4 is 74.6 Å². The third-order valence-corrected chi connectivity index (χ3v) is 13.7. The van der Waals surface area contributed by atoms with Gasteiger partial charge in [0.05, 0.1) is 0 Å². The second kappa shape index (κ2) is 11.7. The Hall–Kier alpha value is -6.54. The molecule has 0 bridgehead atoms. The predicted molar refractivity (Wildman–Crippen MR) is 243 cm³/mol. The molecular formula is C55H36S. The first-order valence-electron chi connectivity index (χ1n) is 19.6. The molecule has 1 aromatic heterocycles. The topological polar surface area (TPSA) is 0 Å². The van der Waals surface area contributed by atoms with Crippen LogP contribution in [0, 0.1) is 0 Å². The van der Waals surface area contributed by atoms with E-state index in [0.717, 1.165) is 0 Å². The van der Waals surface area contributed by atoms with Crippen LogP contribution in [-0.4, -0.2) is 0 Å². The molecule has 56 heavy (non-hydrogen) atoms. The third kappa shape index (κ3) is 4.59. The van der Waals surface area contributed by atoms with Crippen molar-refractivity contribution in [3.63, 3.8) is 0 Å². The van der Waals surface area contributed by atoms with Gasteiger partial charge in [-0.2, -0.15) is 0 Å². The fourth-order valence-electron chi connectivity index (χ4n) is 9.85. The van der Waals surface area contributed by atoms with Crippen LogP contribution >= 0.6 is 11.3 Å². The molecule has 0 fully saturated rings. The van der Waals surface area contributed by atoms with E-state index in [1.807, 2.05) is 11.3 Å². The lowest BCUT2D eigenvalue weighted by Crippen LogP contribution is -2.14. The Kier molecular flexibility index (Phi) is 6.66. The summed E-state index contributed by atoms with van der Waals surface area (Å²) in [7, 11) is 0. The standard InChI is InChI=1S/C55H36S/c1-55(2)49-25-24-36(28-46(49)47-29-40-32-52-48(30-39(40)31-50(47)55)41-16-9-10-21-51(41)56-52)35-14-11-15-37(27-35)53-42-17-5-7-19-44(42)54(45-20-8-6-18-43(45)53)38-23-22-33-12-3-4-13-34(33)26-38/h3-32H,1-2H3. The Morgan fingerprint density at radius 3 is 1.64 bits per heavy atom. The Morgan fingerprint density at radius 1 is 0.321 bits per heavy atom. The summed E-state index contributed by atoms with van der Waals surface area (Å²) >= 11 is 1.90. The quantitative estimate of drug-likeness (QED) is 0.159. The Morgan fingerprint density at radius 2 is 0.893 bits per heavy atom. The van der Waals surface area contributed by atoms with Crippen LogP contribution in [0.2, 0.25) is 0 Å². The van der Waals surface area contributed by atoms with E-state index in [0.29, 0.717) is 0 Å². The molecule has 1 heterocycles. The largest absolute Gasteiger partial charge is 0.135 e. The lowest BCUT2D eigenvalue weighted by molar-refractivity contribution is 0.661. The maximum Gasteiger partial charge on any atom is 0.0361 e. The molecule has 0 spiro atoms. The van der Waals surface area contributed by atoms with E-state index in [4.69, 9.17) is 0 Å². The highest BCUT2D eigenvalue weighted by Gasteiger charge is 2.36. The van der Waals surface area contributed by atoms with Crippen molar-refractivity contribution in [3.8, 4) is 44.5 Å². The average Bonchev–Trinajstić information content (AvgIpc) is 3.71. The summed E-state index contributed by atoms with van der Waals surface area (Å²) in [6.07, 6.45) is 0. The Bertz CT molecular complexity index is 3390. The maximum atomic E-state index is 2.47. The van der Waals surface area contributed by atoms with Crippen molar-refractivity contribution in [2.45, 2.75) is 19.3 Å². The molecule has 0 saturated carbocycles. The molecule has 0 N–H and O–H groups in total. The van der Waals surface area contributed by atoms with E-state index in [1.165, 1.54) is 119 Å². The van der Waals surface area contributed by atoms with E-state index in [1.54, 1.807) is 0 Å². The summed E-state index contributed by atoms with van der Waals surface area (Å²) in [5, 5.41) is 13.0. The smallest absolute Gasteiger partial charge is 0.0361 e. The lowest BCUT2D eigenvalue weighted by atomic mass is 9.81. The molecule has 12 rings (SSSR count). The highest BCUT2D eigenvalue weighted by Crippen LogP contribution is 2.52. The lowest BCUT2D eigenvalue weighted by Gasteiger charge is -2.22. The van der Waals surface area contributed by atoms with Gasteiger partial charge >= 0.3 is 0 Å². The minimum atomic E-state index is -0.0878. The average molecular weight is 729 g/mol. The number of hydrogen-bond acceptors (Lipinski definition) is 1. The van der Waals surface area contributed by atoms with Crippen LogP contribution in [0.4, 0.5) is 0 Å². The number of fused-ring (bicyclic) bond motifs is 10. The van der Waals surface area contributed by atoms with Crippen molar-refractivity contribution in [2.75, 3.05) is 0 Å². The van der Waals surface area contributed by atoms with Gasteiger partial charge in [-0.3, -0.25) is 0 Å². The summed E-state index contributed by atoms with van der Waals surface area (Å²) in [5.74, 6) is 0. The fourth-order valence-corrected chi connectivity index (χ4v) is 11.0. The van der Waals surface area contributed by atoms with Gasteiger partial charge in [-0.25, -0.2) is 0 Å². The molecule has 262 valence electrons. The molecule has 0 amide bonds. The first-order valence-corrected chi connectivity index (χ1v) is 20.4. The maximum absolute atomic E-state index is 2.47. The van der Waals surface area contributed by atoms with Crippen LogP contribution < -0.4 is 0 Å². The zero-order valence-corrected chi connectivity index (χ0v) is 32.0. The summed E-state index contributed by atoms with van der Waals surface area (Å²) in [4.78, 5) is 0. The van der Waals surface area contributed by atoms with Gasteiger partial charge < -0.3 is 0 Å². The fraction of sp³-hybridized carbons (Fsp3) is 0.0545. The van der Waals surface area contributed by atoms with E-state index in [9.17, 15) is 0 Å². The van der Waals surface area contributed by atoms with Gasteiger partial charge in [0.25, 0.3) is 0 Å². The third-order valence-electron chi connectivity index (χ3n) is 12.6. The summed E-state index contributed by atoms with van der Waals surface area (Å²) in [6, 6.07) is 68.4. The molecule has 0 unspecified atom stereocenters. The summed E-state index contributed by atoms with van der Waals surface area (Å²) in [5.41, 5.74) is 13.0. The van der Waals surface area contributed by atoms with Gasteiger partial charge in [0.2, 0.25) is 0 Å². The first-order chi connectivity index (χ1) is 27.5. The van der Waals surface area contributed by atoms with E-state index in [-0.39, 0.29) is 5.41 Å². The number of rotatable bonds is 3. The van der Waals surface area contributed by atoms with Crippen LogP contribution in [0.3, 0.4) is 0 Å². The van der Waals surface area contributed by atoms with Gasteiger partial charge in [-0.05, 0) is 147 Å². The second-order valence-corrected chi connectivity index (χ2v) is 17.1. The number of thiophene rings is 1. The monoisotopic (exact) mass is 728 g/mol. The molecule has 0 saturated heterocycles.